The van der Waals surface area contributed by atoms with Crippen molar-refractivity contribution in [2.75, 3.05) is 6.61 Å². The molecule has 2 aliphatic rings. The van der Waals surface area contributed by atoms with E-state index in [-0.39, 0.29) is 29.8 Å². The predicted molar refractivity (Wildman–Crippen MR) is 134 cm³/mol. The number of rotatable bonds is 7. The van der Waals surface area contributed by atoms with Gasteiger partial charge in [0.25, 0.3) is 0 Å². The molecular formula is C30H34F4O3. The SMILES string of the molecule is C/C=C/C1CCC(c2ccc(C(=O)OC3CCC(c4ccc(OCC)c(F)c4F)CC3)c(F)c2F)CC1. The molecule has 2 saturated carbocycles. The van der Waals surface area contributed by atoms with Crippen LogP contribution in [0.25, 0.3) is 0 Å². The van der Waals surface area contributed by atoms with Crippen LogP contribution in [0.2, 0.25) is 0 Å². The average Bonchev–Trinajstić information content (AvgIpc) is 2.90. The molecule has 0 unspecified atom stereocenters. The van der Waals surface area contributed by atoms with Gasteiger partial charge in [0.15, 0.2) is 23.2 Å². The summed E-state index contributed by atoms with van der Waals surface area (Å²) in [6.07, 6.45) is 8.89. The van der Waals surface area contributed by atoms with Gasteiger partial charge < -0.3 is 9.47 Å². The Bertz CT molecular complexity index is 1130. The summed E-state index contributed by atoms with van der Waals surface area (Å²) >= 11 is 0. The number of carbonyl (C=O) groups excluding carboxylic acids is 1. The molecule has 2 fully saturated rings. The Hall–Kier alpha value is -2.83. The fraction of sp³-hybridized carbons (Fsp3) is 0.500. The lowest BCUT2D eigenvalue weighted by Gasteiger charge is -2.29. The van der Waals surface area contributed by atoms with Crippen LogP contribution < -0.4 is 4.74 Å². The first-order valence-electron chi connectivity index (χ1n) is 13.3. The van der Waals surface area contributed by atoms with Gasteiger partial charge in [0.2, 0.25) is 5.82 Å². The van der Waals surface area contributed by atoms with Gasteiger partial charge in [-0.1, -0.05) is 24.3 Å². The van der Waals surface area contributed by atoms with Gasteiger partial charge in [0.1, 0.15) is 6.10 Å². The van der Waals surface area contributed by atoms with Crippen LogP contribution in [-0.4, -0.2) is 18.7 Å². The Morgan fingerprint density at radius 2 is 1.38 bits per heavy atom. The van der Waals surface area contributed by atoms with Crippen LogP contribution in [0.15, 0.2) is 36.4 Å². The van der Waals surface area contributed by atoms with E-state index in [9.17, 15) is 22.4 Å². The molecule has 0 atom stereocenters. The number of carbonyl (C=O) groups is 1. The van der Waals surface area contributed by atoms with E-state index in [2.05, 4.69) is 6.08 Å². The second kappa shape index (κ2) is 12.1. The molecule has 0 aromatic heterocycles. The van der Waals surface area contributed by atoms with Crippen molar-refractivity contribution in [3.05, 3.63) is 76.4 Å². The second-order valence-electron chi connectivity index (χ2n) is 10.1. The van der Waals surface area contributed by atoms with E-state index in [4.69, 9.17) is 9.47 Å². The third-order valence-electron chi connectivity index (χ3n) is 7.77. The summed E-state index contributed by atoms with van der Waals surface area (Å²) in [4.78, 5) is 12.7. The molecule has 0 amide bonds. The predicted octanol–water partition coefficient (Wildman–Crippen LogP) is 8.37. The first-order valence-corrected chi connectivity index (χ1v) is 13.3. The molecule has 0 saturated heterocycles. The van der Waals surface area contributed by atoms with E-state index in [0.717, 1.165) is 25.7 Å². The zero-order valence-electron chi connectivity index (χ0n) is 21.4. The fourth-order valence-corrected chi connectivity index (χ4v) is 5.77. The van der Waals surface area contributed by atoms with Gasteiger partial charge >= 0.3 is 5.97 Å². The third kappa shape index (κ3) is 6.02. The second-order valence-corrected chi connectivity index (χ2v) is 10.1. The number of hydrogen-bond acceptors (Lipinski definition) is 3. The molecule has 4 rings (SSSR count). The molecule has 0 N–H and O–H groups in total. The van der Waals surface area contributed by atoms with E-state index in [1.807, 2.05) is 13.0 Å². The highest BCUT2D eigenvalue weighted by Crippen LogP contribution is 2.39. The van der Waals surface area contributed by atoms with Crippen LogP contribution in [0.5, 0.6) is 5.75 Å². The number of ether oxygens (including phenoxy) is 2. The Morgan fingerprint density at radius 1 is 0.811 bits per heavy atom. The zero-order chi connectivity index (χ0) is 26.5. The highest BCUT2D eigenvalue weighted by molar-refractivity contribution is 5.90. The van der Waals surface area contributed by atoms with E-state index in [1.165, 1.54) is 24.3 Å². The molecule has 2 aromatic carbocycles. The van der Waals surface area contributed by atoms with Gasteiger partial charge in [-0.2, -0.15) is 4.39 Å². The maximum atomic E-state index is 14.9. The first-order chi connectivity index (χ1) is 17.8. The maximum absolute atomic E-state index is 14.9. The van der Waals surface area contributed by atoms with Crippen molar-refractivity contribution in [1.29, 1.82) is 0 Å². The Kier molecular flexibility index (Phi) is 8.93. The van der Waals surface area contributed by atoms with Gasteiger partial charge in [-0.25, -0.2) is 18.0 Å². The molecule has 7 heteroatoms. The molecule has 2 aromatic rings. The van der Waals surface area contributed by atoms with Crippen molar-refractivity contribution in [3.8, 4) is 5.75 Å². The topological polar surface area (TPSA) is 35.5 Å². The summed E-state index contributed by atoms with van der Waals surface area (Å²) in [7, 11) is 0. The number of hydrogen-bond donors (Lipinski definition) is 0. The molecule has 3 nitrogen and oxygen atoms in total. The smallest absolute Gasteiger partial charge is 0.341 e. The summed E-state index contributed by atoms with van der Waals surface area (Å²) < 4.78 is 69.3. The Balaban J connectivity index is 1.36. The highest BCUT2D eigenvalue weighted by atomic mass is 19.2. The minimum atomic E-state index is -1.17. The molecule has 0 spiro atoms. The summed E-state index contributed by atoms with van der Waals surface area (Å²) in [6.45, 7) is 3.91. The van der Waals surface area contributed by atoms with Crippen LogP contribution in [0.1, 0.15) is 98.5 Å². The van der Waals surface area contributed by atoms with Crippen LogP contribution in [0.3, 0.4) is 0 Å². The molecular weight excluding hydrogens is 484 g/mol. The van der Waals surface area contributed by atoms with Gasteiger partial charge in [-0.05, 0) is 106 Å². The molecule has 200 valence electrons. The van der Waals surface area contributed by atoms with Crippen LogP contribution in [-0.2, 0) is 4.74 Å². The lowest BCUT2D eigenvalue weighted by atomic mass is 9.78. The Labute approximate surface area is 215 Å². The van der Waals surface area contributed by atoms with Crippen molar-refractivity contribution < 1.29 is 31.8 Å². The van der Waals surface area contributed by atoms with E-state index < -0.39 is 40.9 Å². The summed E-state index contributed by atoms with van der Waals surface area (Å²) in [5, 5.41) is 0. The number of halogens is 4. The first kappa shape index (κ1) is 27.2. The van der Waals surface area contributed by atoms with Crippen LogP contribution >= 0.6 is 0 Å². The molecule has 2 aliphatic carbocycles. The lowest BCUT2D eigenvalue weighted by molar-refractivity contribution is 0.0188. The van der Waals surface area contributed by atoms with Crippen molar-refractivity contribution >= 4 is 5.97 Å². The minimum absolute atomic E-state index is 0.0656. The minimum Gasteiger partial charge on any atom is -0.491 e. The van der Waals surface area contributed by atoms with Crippen molar-refractivity contribution in [1.82, 2.24) is 0 Å². The van der Waals surface area contributed by atoms with Crippen molar-refractivity contribution in [2.24, 2.45) is 5.92 Å². The standard InChI is InChI=1S/C30H34F4O3/c1-3-5-18-6-8-19(9-7-18)22-14-15-24(28(33)26(22)31)30(35)37-21-12-10-20(11-13-21)23-16-17-25(36-4-2)29(34)27(23)32/h3,5,14-21H,4,6-13H2,1-2H3/b5-3+. The van der Waals surface area contributed by atoms with Gasteiger partial charge in [0.05, 0.1) is 12.2 Å². The van der Waals surface area contributed by atoms with Crippen LogP contribution in [0, 0.1) is 29.2 Å². The molecule has 37 heavy (non-hydrogen) atoms. The summed E-state index contributed by atoms with van der Waals surface area (Å²) in [6, 6.07) is 5.79. The molecule has 0 heterocycles. The lowest BCUT2D eigenvalue weighted by Crippen LogP contribution is -2.25. The van der Waals surface area contributed by atoms with Crippen LogP contribution in [0.4, 0.5) is 17.6 Å². The maximum Gasteiger partial charge on any atom is 0.341 e. The third-order valence-corrected chi connectivity index (χ3v) is 7.77. The number of benzene rings is 2. The number of esters is 1. The van der Waals surface area contributed by atoms with Crippen molar-refractivity contribution in [2.45, 2.75) is 83.2 Å². The largest absolute Gasteiger partial charge is 0.491 e. The van der Waals surface area contributed by atoms with E-state index in [1.54, 1.807) is 6.92 Å². The van der Waals surface area contributed by atoms with E-state index >= 15 is 0 Å². The van der Waals surface area contributed by atoms with Gasteiger partial charge in [-0.3, -0.25) is 0 Å². The highest BCUT2D eigenvalue weighted by Gasteiger charge is 2.31. The Morgan fingerprint density at radius 3 is 1.97 bits per heavy atom. The molecule has 0 bridgehead atoms. The zero-order valence-corrected chi connectivity index (χ0v) is 21.4. The van der Waals surface area contributed by atoms with Gasteiger partial charge in [-0.15, -0.1) is 0 Å². The normalized spacial score (nSPS) is 24.3. The number of allylic oxidation sites excluding steroid dienone is 2. The average molecular weight is 519 g/mol. The summed E-state index contributed by atoms with van der Waals surface area (Å²) in [5.74, 6) is -4.89. The van der Waals surface area contributed by atoms with Gasteiger partial charge in [0, 0.05) is 0 Å². The van der Waals surface area contributed by atoms with E-state index in [0.29, 0.717) is 37.2 Å². The quantitative estimate of drug-likeness (QED) is 0.210. The molecule has 0 radical (unpaired) electrons. The fourth-order valence-electron chi connectivity index (χ4n) is 5.77. The monoisotopic (exact) mass is 518 g/mol. The molecule has 0 aliphatic heterocycles. The van der Waals surface area contributed by atoms with Crippen molar-refractivity contribution in [3.63, 3.8) is 0 Å². The summed E-state index contributed by atoms with van der Waals surface area (Å²) in [5.41, 5.74) is 0.179.